The molecule has 0 spiro atoms. The standard InChI is InChI=1S/C15H12F2O5S/c1-2-10-5-3-7-12-11(10)6-4-8-13(12)22-14(18)9-15(16,17)23(19,20)21/h2-8H,1,9H2,(H,19,20,21). The van der Waals surface area contributed by atoms with E-state index in [1.165, 1.54) is 6.07 Å². The molecular formula is C15H12F2O5S. The Labute approximate surface area is 130 Å². The van der Waals surface area contributed by atoms with Gasteiger partial charge in [0.05, 0.1) is 0 Å². The number of hydrogen-bond acceptors (Lipinski definition) is 4. The number of fused-ring (bicyclic) bond motifs is 1. The van der Waals surface area contributed by atoms with Crippen LogP contribution < -0.4 is 4.74 Å². The number of carbonyl (C=O) groups is 1. The SMILES string of the molecule is C=Cc1cccc2c(OC(=O)CC(F)(F)S(=O)(=O)O)cccc12. The molecule has 0 bridgehead atoms. The highest BCUT2D eigenvalue weighted by Gasteiger charge is 2.46. The topological polar surface area (TPSA) is 80.7 Å². The zero-order valence-corrected chi connectivity index (χ0v) is 12.5. The predicted octanol–water partition coefficient (Wildman–Crippen LogP) is 3.26. The van der Waals surface area contributed by atoms with Gasteiger partial charge in [-0.3, -0.25) is 9.35 Å². The molecule has 0 radical (unpaired) electrons. The van der Waals surface area contributed by atoms with Crippen molar-refractivity contribution in [3.8, 4) is 5.75 Å². The first-order chi connectivity index (χ1) is 10.7. The molecule has 0 heterocycles. The lowest BCUT2D eigenvalue weighted by molar-refractivity contribution is -0.138. The first kappa shape index (κ1) is 17.0. The summed E-state index contributed by atoms with van der Waals surface area (Å²) in [5, 5.41) is -3.44. The molecule has 0 fully saturated rings. The first-order valence-corrected chi connectivity index (χ1v) is 7.79. The summed E-state index contributed by atoms with van der Waals surface area (Å²) in [4.78, 5) is 11.6. The quantitative estimate of drug-likeness (QED) is 0.512. The fraction of sp³-hybridized carbons (Fsp3) is 0.133. The van der Waals surface area contributed by atoms with Crippen LogP contribution in [0.4, 0.5) is 8.78 Å². The van der Waals surface area contributed by atoms with Gasteiger partial charge in [0.15, 0.2) is 0 Å². The van der Waals surface area contributed by atoms with Gasteiger partial charge in [0, 0.05) is 5.39 Å². The minimum absolute atomic E-state index is 0.00216. The van der Waals surface area contributed by atoms with Crippen LogP contribution in [0.25, 0.3) is 16.8 Å². The zero-order valence-electron chi connectivity index (χ0n) is 11.7. The number of alkyl halides is 2. The summed E-state index contributed by atoms with van der Waals surface area (Å²) in [5.41, 5.74) is 0.753. The van der Waals surface area contributed by atoms with Crippen LogP contribution in [0.3, 0.4) is 0 Å². The number of benzene rings is 2. The molecule has 8 heteroatoms. The smallest absolute Gasteiger partial charge is 0.380 e. The Balaban J connectivity index is 2.33. The van der Waals surface area contributed by atoms with E-state index in [-0.39, 0.29) is 5.75 Å². The fourth-order valence-electron chi connectivity index (χ4n) is 1.99. The molecule has 0 aliphatic carbocycles. The molecule has 0 aliphatic rings. The molecule has 2 rings (SSSR count). The van der Waals surface area contributed by atoms with Crippen molar-refractivity contribution >= 4 is 32.9 Å². The van der Waals surface area contributed by atoms with Crippen molar-refractivity contribution in [3.63, 3.8) is 0 Å². The first-order valence-electron chi connectivity index (χ1n) is 6.35. The van der Waals surface area contributed by atoms with Crippen molar-refractivity contribution in [1.29, 1.82) is 0 Å². The highest BCUT2D eigenvalue weighted by atomic mass is 32.2. The molecule has 5 nitrogen and oxygen atoms in total. The Kier molecular flexibility index (Phi) is 4.49. The third kappa shape index (κ3) is 3.54. The van der Waals surface area contributed by atoms with Crippen molar-refractivity contribution in [1.82, 2.24) is 0 Å². The second kappa shape index (κ2) is 6.05. The lowest BCUT2D eigenvalue weighted by Gasteiger charge is -2.13. The Bertz CT molecular complexity index is 875. The van der Waals surface area contributed by atoms with Gasteiger partial charge in [0.2, 0.25) is 0 Å². The van der Waals surface area contributed by atoms with E-state index in [9.17, 15) is 22.0 Å². The summed E-state index contributed by atoms with van der Waals surface area (Å²) >= 11 is 0. The van der Waals surface area contributed by atoms with Crippen molar-refractivity contribution in [2.75, 3.05) is 0 Å². The van der Waals surface area contributed by atoms with E-state index in [2.05, 4.69) is 6.58 Å². The number of esters is 1. The van der Waals surface area contributed by atoms with E-state index in [1.54, 1.807) is 36.4 Å². The maximum absolute atomic E-state index is 13.2. The second-order valence-corrected chi connectivity index (χ2v) is 6.21. The molecule has 2 aromatic rings. The van der Waals surface area contributed by atoms with Gasteiger partial charge in [-0.2, -0.15) is 17.2 Å². The number of hydrogen-bond donors (Lipinski definition) is 1. The molecule has 1 N–H and O–H groups in total. The van der Waals surface area contributed by atoms with Gasteiger partial charge >= 0.3 is 21.3 Å². The summed E-state index contributed by atoms with van der Waals surface area (Å²) < 4.78 is 60.6. The highest BCUT2D eigenvalue weighted by Crippen LogP contribution is 2.30. The molecule has 0 unspecified atom stereocenters. The number of ether oxygens (including phenoxy) is 1. The largest absolute Gasteiger partial charge is 0.426 e. The molecule has 0 aliphatic heterocycles. The van der Waals surface area contributed by atoms with Crippen LogP contribution >= 0.6 is 0 Å². The molecule has 2 aromatic carbocycles. The maximum Gasteiger partial charge on any atom is 0.380 e. The minimum Gasteiger partial charge on any atom is -0.426 e. The minimum atomic E-state index is -5.69. The Morgan fingerprint density at radius 2 is 1.83 bits per heavy atom. The van der Waals surface area contributed by atoms with Gasteiger partial charge in [0.1, 0.15) is 12.2 Å². The average Bonchev–Trinajstić information content (AvgIpc) is 2.45. The van der Waals surface area contributed by atoms with E-state index in [4.69, 9.17) is 9.29 Å². The van der Waals surface area contributed by atoms with Crippen LogP contribution in [0.5, 0.6) is 5.75 Å². The van der Waals surface area contributed by atoms with Gasteiger partial charge in [-0.15, -0.1) is 0 Å². The van der Waals surface area contributed by atoms with Crippen LogP contribution in [-0.4, -0.2) is 24.2 Å². The number of rotatable bonds is 5. The summed E-state index contributed by atoms with van der Waals surface area (Å²) in [5.74, 6) is -1.48. The Morgan fingerprint density at radius 1 is 1.22 bits per heavy atom. The highest BCUT2D eigenvalue weighted by molar-refractivity contribution is 7.86. The van der Waals surface area contributed by atoms with Gasteiger partial charge in [0.25, 0.3) is 0 Å². The lowest BCUT2D eigenvalue weighted by atomic mass is 10.0. The molecule has 0 aromatic heterocycles. The van der Waals surface area contributed by atoms with Gasteiger partial charge in [-0.1, -0.05) is 43.0 Å². The van der Waals surface area contributed by atoms with E-state index in [0.717, 1.165) is 5.56 Å². The fourth-order valence-corrected chi connectivity index (χ4v) is 2.29. The van der Waals surface area contributed by atoms with Crippen LogP contribution in [-0.2, 0) is 14.9 Å². The zero-order chi connectivity index (χ0) is 17.3. The Hall–Kier alpha value is -2.32. The predicted molar refractivity (Wildman–Crippen MR) is 80.8 cm³/mol. The molecule has 122 valence electrons. The van der Waals surface area contributed by atoms with Crippen molar-refractivity contribution in [2.24, 2.45) is 0 Å². The monoisotopic (exact) mass is 342 g/mol. The third-order valence-electron chi connectivity index (χ3n) is 3.09. The van der Waals surface area contributed by atoms with Crippen molar-refractivity contribution < 1.29 is 31.3 Å². The van der Waals surface area contributed by atoms with Crippen LogP contribution in [0, 0.1) is 0 Å². The number of carbonyl (C=O) groups excluding carboxylic acids is 1. The van der Waals surface area contributed by atoms with Crippen LogP contribution in [0.2, 0.25) is 0 Å². The van der Waals surface area contributed by atoms with Crippen LogP contribution in [0.1, 0.15) is 12.0 Å². The normalized spacial score (nSPS) is 12.1. The molecule has 0 amide bonds. The Morgan fingerprint density at radius 3 is 2.43 bits per heavy atom. The second-order valence-electron chi connectivity index (χ2n) is 4.67. The van der Waals surface area contributed by atoms with E-state index in [1.807, 2.05) is 0 Å². The van der Waals surface area contributed by atoms with Crippen LogP contribution in [0.15, 0.2) is 43.0 Å². The summed E-state index contributed by atoms with van der Waals surface area (Å²) in [6.45, 7) is 3.65. The van der Waals surface area contributed by atoms with Crippen molar-refractivity contribution in [3.05, 3.63) is 48.5 Å². The molecule has 0 saturated carbocycles. The molecule has 0 atom stereocenters. The van der Waals surface area contributed by atoms with E-state index in [0.29, 0.717) is 10.8 Å². The van der Waals surface area contributed by atoms with E-state index < -0.39 is 27.8 Å². The molecule has 23 heavy (non-hydrogen) atoms. The van der Waals surface area contributed by atoms with Gasteiger partial charge in [-0.05, 0) is 17.0 Å². The van der Waals surface area contributed by atoms with E-state index >= 15 is 0 Å². The molecule has 0 saturated heterocycles. The number of halogens is 2. The lowest BCUT2D eigenvalue weighted by Crippen LogP contribution is -2.32. The summed E-state index contributed by atoms with van der Waals surface area (Å²) in [6, 6.07) is 9.73. The molecular weight excluding hydrogens is 330 g/mol. The van der Waals surface area contributed by atoms with Crippen molar-refractivity contribution in [2.45, 2.75) is 11.7 Å². The maximum atomic E-state index is 13.2. The summed E-state index contributed by atoms with van der Waals surface area (Å²) in [6.07, 6.45) is -0.205. The summed E-state index contributed by atoms with van der Waals surface area (Å²) in [7, 11) is -5.69. The van der Waals surface area contributed by atoms with Gasteiger partial charge in [-0.25, -0.2) is 0 Å². The average molecular weight is 342 g/mol. The van der Waals surface area contributed by atoms with Gasteiger partial charge < -0.3 is 4.74 Å². The third-order valence-corrected chi connectivity index (χ3v) is 3.99.